The van der Waals surface area contributed by atoms with Crippen LogP contribution in [-0.4, -0.2) is 21.1 Å². The van der Waals surface area contributed by atoms with Gasteiger partial charge in [-0.15, -0.1) is 0 Å². The molecule has 130 valence electrons. The highest BCUT2D eigenvalue weighted by Crippen LogP contribution is 2.23. The standard InChI is InChI=1S/C18H11BrFN3O3/c19-11-3-6-15-13(7-11)14(8-21-15)18(24)25-9-16-22-17(26-23-16)10-1-4-12(20)5-2-10/h1-8,21H,9H2. The minimum Gasteiger partial charge on any atom is -0.454 e. The van der Waals surface area contributed by atoms with Crippen molar-refractivity contribution in [1.82, 2.24) is 15.1 Å². The van der Waals surface area contributed by atoms with Gasteiger partial charge in [-0.1, -0.05) is 21.1 Å². The van der Waals surface area contributed by atoms with E-state index in [0.29, 0.717) is 11.1 Å². The van der Waals surface area contributed by atoms with Crippen molar-refractivity contribution in [2.24, 2.45) is 0 Å². The Morgan fingerprint density at radius 1 is 1.23 bits per heavy atom. The normalized spacial score (nSPS) is 11.0. The number of benzene rings is 2. The Hall–Kier alpha value is -3.00. The second-order valence-electron chi connectivity index (χ2n) is 5.49. The van der Waals surface area contributed by atoms with Crippen LogP contribution in [0.25, 0.3) is 22.4 Å². The van der Waals surface area contributed by atoms with Gasteiger partial charge in [-0.05, 0) is 42.5 Å². The molecule has 0 amide bonds. The number of aromatic nitrogens is 3. The van der Waals surface area contributed by atoms with Gasteiger partial charge in [0.2, 0.25) is 5.82 Å². The number of ether oxygens (including phenoxy) is 1. The number of aromatic amines is 1. The molecule has 2 heterocycles. The fraction of sp³-hybridized carbons (Fsp3) is 0.0556. The molecule has 4 rings (SSSR count). The molecule has 0 spiro atoms. The van der Waals surface area contributed by atoms with Crippen LogP contribution in [0.1, 0.15) is 16.2 Å². The van der Waals surface area contributed by atoms with Gasteiger partial charge in [-0.2, -0.15) is 4.98 Å². The molecule has 0 unspecified atom stereocenters. The molecular formula is C18H11BrFN3O3. The highest BCUT2D eigenvalue weighted by molar-refractivity contribution is 9.10. The number of rotatable bonds is 4. The van der Waals surface area contributed by atoms with Gasteiger partial charge in [-0.3, -0.25) is 0 Å². The van der Waals surface area contributed by atoms with E-state index in [1.165, 1.54) is 24.3 Å². The van der Waals surface area contributed by atoms with Crippen LogP contribution in [0.5, 0.6) is 0 Å². The summed E-state index contributed by atoms with van der Waals surface area (Å²) in [5.41, 5.74) is 1.83. The third-order valence-electron chi connectivity index (χ3n) is 3.76. The Kier molecular flexibility index (Phi) is 4.26. The second kappa shape index (κ2) is 6.72. The molecule has 0 fully saturated rings. The Balaban J connectivity index is 1.47. The molecule has 0 radical (unpaired) electrons. The minimum atomic E-state index is -0.498. The predicted molar refractivity (Wildman–Crippen MR) is 94.8 cm³/mol. The first-order valence-corrected chi connectivity index (χ1v) is 8.42. The Morgan fingerprint density at radius 3 is 2.85 bits per heavy atom. The molecule has 0 saturated heterocycles. The van der Waals surface area contributed by atoms with Gasteiger partial charge in [0.25, 0.3) is 5.89 Å². The topological polar surface area (TPSA) is 81.0 Å². The van der Waals surface area contributed by atoms with E-state index >= 15 is 0 Å². The van der Waals surface area contributed by atoms with E-state index in [4.69, 9.17) is 9.26 Å². The maximum Gasteiger partial charge on any atom is 0.340 e. The summed E-state index contributed by atoms with van der Waals surface area (Å²) in [6.07, 6.45) is 1.60. The number of halogens is 2. The van der Waals surface area contributed by atoms with Crippen molar-refractivity contribution in [3.8, 4) is 11.5 Å². The van der Waals surface area contributed by atoms with E-state index in [9.17, 15) is 9.18 Å². The average Bonchev–Trinajstić information content (AvgIpc) is 3.27. The van der Waals surface area contributed by atoms with Crippen LogP contribution in [0.15, 0.2) is 57.7 Å². The molecular weight excluding hydrogens is 405 g/mol. The van der Waals surface area contributed by atoms with Crippen LogP contribution in [0.3, 0.4) is 0 Å². The number of hydrogen-bond donors (Lipinski definition) is 1. The van der Waals surface area contributed by atoms with E-state index in [0.717, 1.165) is 15.4 Å². The number of fused-ring (bicyclic) bond motifs is 1. The third kappa shape index (κ3) is 3.23. The summed E-state index contributed by atoms with van der Waals surface area (Å²) in [5.74, 6) is -0.402. The first-order valence-electron chi connectivity index (χ1n) is 7.62. The highest BCUT2D eigenvalue weighted by atomic mass is 79.9. The number of nitrogens with zero attached hydrogens (tertiary/aromatic N) is 2. The van der Waals surface area contributed by atoms with Crippen LogP contribution in [0, 0.1) is 5.82 Å². The zero-order valence-corrected chi connectivity index (χ0v) is 14.8. The number of H-pyrrole nitrogens is 1. The van der Waals surface area contributed by atoms with Crippen molar-refractivity contribution in [2.75, 3.05) is 0 Å². The monoisotopic (exact) mass is 415 g/mol. The molecule has 0 saturated carbocycles. The number of carbonyl (C=O) groups is 1. The van der Waals surface area contributed by atoms with E-state index in [2.05, 4.69) is 31.1 Å². The molecule has 1 N–H and O–H groups in total. The van der Waals surface area contributed by atoms with Gasteiger partial charge in [0.05, 0.1) is 5.56 Å². The van der Waals surface area contributed by atoms with Crippen LogP contribution >= 0.6 is 15.9 Å². The van der Waals surface area contributed by atoms with Crippen molar-refractivity contribution in [2.45, 2.75) is 6.61 Å². The number of hydrogen-bond acceptors (Lipinski definition) is 5. The summed E-state index contributed by atoms with van der Waals surface area (Å²) in [6, 6.07) is 11.2. The average molecular weight is 416 g/mol. The van der Waals surface area contributed by atoms with Crippen LogP contribution in [-0.2, 0) is 11.3 Å². The summed E-state index contributed by atoms with van der Waals surface area (Å²) in [7, 11) is 0. The summed E-state index contributed by atoms with van der Waals surface area (Å²) < 4.78 is 24.2. The smallest absolute Gasteiger partial charge is 0.340 e. The zero-order valence-electron chi connectivity index (χ0n) is 13.2. The molecule has 0 aliphatic rings. The molecule has 4 aromatic rings. The van der Waals surface area contributed by atoms with Crippen molar-refractivity contribution in [3.05, 3.63) is 70.3 Å². The summed E-state index contributed by atoms with van der Waals surface area (Å²) in [4.78, 5) is 19.5. The lowest BCUT2D eigenvalue weighted by Gasteiger charge is -2.01. The molecule has 0 atom stereocenters. The number of carbonyl (C=O) groups excluding carboxylic acids is 1. The first-order chi connectivity index (χ1) is 12.6. The summed E-state index contributed by atoms with van der Waals surface area (Å²) in [5, 5.41) is 4.53. The van der Waals surface area contributed by atoms with Crippen molar-refractivity contribution >= 4 is 32.8 Å². The molecule has 6 nitrogen and oxygen atoms in total. The molecule has 26 heavy (non-hydrogen) atoms. The number of nitrogens with one attached hydrogen (secondary N) is 1. The fourth-order valence-electron chi connectivity index (χ4n) is 2.49. The molecule has 0 aliphatic heterocycles. The van der Waals surface area contributed by atoms with Gasteiger partial charge >= 0.3 is 5.97 Å². The lowest BCUT2D eigenvalue weighted by molar-refractivity contribution is 0.0462. The largest absolute Gasteiger partial charge is 0.454 e. The second-order valence-corrected chi connectivity index (χ2v) is 6.41. The molecule has 0 aliphatic carbocycles. The molecule has 0 bridgehead atoms. The third-order valence-corrected chi connectivity index (χ3v) is 4.25. The summed E-state index contributed by atoms with van der Waals surface area (Å²) >= 11 is 3.38. The lowest BCUT2D eigenvalue weighted by atomic mass is 10.2. The Bertz CT molecular complexity index is 1090. The maximum absolute atomic E-state index is 13.0. The maximum atomic E-state index is 13.0. The van der Waals surface area contributed by atoms with Gasteiger partial charge in [0, 0.05) is 27.1 Å². The van der Waals surface area contributed by atoms with Gasteiger partial charge in [0.1, 0.15) is 5.82 Å². The van der Waals surface area contributed by atoms with Gasteiger partial charge in [0.15, 0.2) is 6.61 Å². The Morgan fingerprint density at radius 2 is 2.04 bits per heavy atom. The summed E-state index contributed by atoms with van der Waals surface area (Å²) in [6.45, 7) is -0.135. The molecule has 2 aromatic heterocycles. The van der Waals surface area contributed by atoms with Crippen molar-refractivity contribution in [1.29, 1.82) is 0 Å². The van der Waals surface area contributed by atoms with Crippen LogP contribution < -0.4 is 0 Å². The first kappa shape index (κ1) is 16.5. The minimum absolute atomic E-state index is 0.135. The quantitative estimate of drug-likeness (QED) is 0.497. The van der Waals surface area contributed by atoms with Crippen LogP contribution in [0.4, 0.5) is 4.39 Å². The molecule has 8 heteroatoms. The highest BCUT2D eigenvalue weighted by Gasteiger charge is 2.16. The predicted octanol–water partition coefficient (Wildman–Crippen LogP) is 4.48. The zero-order chi connectivity index (χ0) is 18.1. The number of esters is 1. The van der Waals surface area contributed by atoms with Gasteiger partial charge < -0.3 is 14.2 Å². The fourth-order valence-corrected chi connectivity index (χ4v) is 2.85. The van der Waals surface area contributed by atoms with E-state index in [1.54, 1.807) is 6.20 Å². The van der Waals surface area contributed by atoms with Crippen molar-refractivity contribution < 1.29 is 18.4 Å². The van der Waals surface area contributed by atoms with E-state index in [-0.39, 0.29) is 24.1 Å². The SMILES string of the molecule is O=C(OCc1noc(-c2ccc(F)cc2)n1)c1c[nH]c2ccc(Br)cc12. The van der Waals surface area contributed by atoms with Crippen molar-refractivity contribution in [3.63, 3.8) is 0 Å². The van der Waals surface area contributed by atoms with E-state index < -0.39 is 5.97 Å². The molecule has 2 aromatic carbocycles. The van der Waals surface area contributed by atoms with Crippen LogP contribution in [0.2, 0.25) is 0 Å². The van der Waals surface area contributed by atoms with Gasteiger partial charge in [-0.25, -0.2) is 9.18 Å². The Labute approximate surface area is 155 Å². The van der Waals surface area contributed by atoms with E-state index in [1.807, 2.05) is 18.2 Å². The lowest BCUT2D eigenvalue weighted by Crippen LogP contribution is -2.05.